The molecule has 13 heavy (non-hydrogen) atoms. The van der Waals surface area contributed by atoms with Crippen LogP contribution in [0, 0.1) is 10.1 Å². The SMILES string of the molecule is CCC(=O)c1cc([N+](=O)[O-])cn1Cl. The molecule has 0 saturated heterocycles. The maximum absolute atomic E-state index is 11.1. The van der Waals surface area contributed by atoms with Gasteiger partial charge in [0.05, 0.1) is 11.1 Å². The van der Waals surface area contributed by atoms with Crippen molar-refractivity contribution >= 4 is 23.2 Å². The van der Waals surface area contributed by atoms with Crippen molar-refractivity contribution in [2.45, 2.75) is 13.3 Å². The molecule has 5 nitrogen and oxygen atoms in total. The fourth-order valence-electron chi connectivity index (χ4n) is 0.905. The van der Waals surface area contributed by atoms with Crippen molar-refractivity contribution in [3.8, 4) is 0 Å². The van der Waals surface area contributed by atoms with Crippen molar-refractivity contribution in [1.82, 2.24) is 4.09 Å². The fourth-order valence-corrected chi connectivity index (χ4v) is 1.15. The summed E-state index contributed by atoms with van der Waals surface area (Å²) in [6.07, 6.45) is 1.37. The highest BCUT2D eigenvalue weighted by molar-refractivity contribution is 6.18. The van der Waals surface area contributed by atoms with E-state index in [9.17, 15) is 14.9 Å². The molecule has 0 atom stereocenters. The zero-order chi connectivity index (χ0) is 10.0. The predicted molar refractivity (Wildman–Crippen MR) is 47.0 cm³/mol. The quantitative estimate of drug-likeness (QED) is 0.428. The van der Waals surface area contributed by atoms with Gasteiger partial charge in [-0.15, -0.1) is 0 Å². The zero-order valence-electron chi connectivity index (χ0n) is 6.86. The second-order valence-electron chi connectivity index (χ2n) is 2.43. The van der Waals surface area contributed by atoms with Gasteiger partial charge in [0, 0.05) is 24.3 Å². The lowest BCUT2D eigenvalue weighted by Gasteiger charge is -1.93. The summed E-state index contributed by atoms with van der Waals surface area (Å²) >= 11 is 5.55. The average molecular weight is 203 g/mol. The first-order valence-corrected chi connectivity index (χ1v) is 3.96. The first-order valence-electron chi connectivity index (χ1n) is 3.62. The molecule has 0 amide bonds. The van der Waals surface area contributed by atoms with E-state index >= 15 is 0 Å². The fraction of sp³-hybridized carbons (Fsp3) is 0.286. The maximum Gasteiger partial charge on any atom is 0.289 e. The molecular formula is C7H7ClN2O3. The third-order valence-electron chi connectivity index (χ3n) is 1.58. The molecule has 0 aromatic carbocycles. The molecule has 70 valence electrons. The minimum atomic E-state index is -0.592. The van der Waals surface area contributed by atoms with Gasteiger partial charge in [-0.1, -0.05) is 6.92 Å². The minimum Gasteiger partial charge on any atom is -0.292 e. The van der Waals surface area contributed by atoms with Crippen LogP contribution in [0.1, 0.15) is 23.8 Å². The van der Waals surface area contributed by atoms with Crippen LogP contribution in [-0.4, -0.2) is 14.8 Å². The van der Waals surface area contributed by atoms with Crippen LogP contribution < -0.4 is 0 Å². The Morgan fingerprint density at radius 1 is 1.77 bits per heavy atom. The Kier molecular flexibility index (Phi) is 2.67. The number of rotatable bonds is 3. The number of nitro groups is 1. The van der Waals surface area contributed by atoms with Gasteiger partial charge in [0.2, 0.25) is 0 Å². The second-order valence-corrected chi connectivity index (χ2v) is 2.79. The number of aromatic nitrogens is 1. The Morgan fingerprint density at radius 2 is 2.38 bits per heavy atom. The molecule has 0 aliphatic heterocycles. The molecule has 0 spiro atoms. The van der Waals surface area contributed by atoms with Crippen LogP contribution in [0.5, 0.6) is 0 Å². The summed E-state index contributed by atoms with van der Waals surface area (Å²) in [5.41, 5.74) is -0.0253. The number of hydrogen-bond donors (Lipinski definition) is 0. The molecule has 0 saturated carbocycles. The molecule has 6 heteroatoms. The van der Waals surface area contributed by atoms with Crippen molar-refractivity contribution in [2.24, 2.45) is 0 Å². The molecular weight excluding hydrogens is 196 g/mol. The van der Waals surface area contributed by atoms with Crippen molar-refractivity contribution in [3.05, 3.63) is 28.1 Å². The van der Waals surface area contributed by atoms with E-state index < -0.39 is 4.92 Å². The number of carbonyl (C=O) groups excluding carboxylic acids is 1. The highest BCUT2D eigenvalue weighted by atomic mass is 35.5. The molecule has 0 radical (unpaired) electrons. The molecule has 0 aliphatic carbocycles. The Bertz CT molecular complexity index is 359. The van der Waals surface area contributed by atoms with Crippen molar-refractivity contribution in [1.29, 1.82) is 0 Å². The highest BCUT2D eigenvalue weighted by Gasteiger charge is 2.16. The number of hydrogen-bond acceptors (Lipinski definition) is 3. The van der Waals surface area contributed by atoms with E-state index in [1.807, 2.05) is 0 Å². The van der Waals surface area contributed by atoms with Gasteiger partial charge in [-0.3, -0.25) is 19.0 Å². The highest BCUT2D eigenvalue weighted by Crippen LogP contribution is 2.18. The lowest BCUT2D eigenvalue weighted by atomic mass is 10.2. The predicted octanol–water partition coefficient (Wildman–Crippen LogP) is 1.99. The monoisotopic (exact) mass is 202 g/mol. The Balaban J connectivity index is 3.10. The molecule has 0 aliphatic rings. The van der Waals surface area contributed by atoms with Gasteiger partial charge in [0.1, 0.15) is 5.69 Å². The first kappa shape index (κ1) is 9.73. The summed E-state index contributed by atoms with van der Waals surface area (Å²) in [6.45, 7) is 1.66. The Hall–Kier alpha value is -1.36. The molecule has 0 fully saturated rings. The maximum atomic E-state index is 11.1. The van der Waals surface area contributed by atoms with E-state index in [1.54, 1.807) is 6.92 Å². The van der Waals surface area contributed by atoms with Crippen LogP contribution in [0.3, 0.4) is 0 Å². The van der Waals surface area contributed by atoms with E-state index in [4.69, 9.17) is 11.8 Å². The van der Waals surface area contributed by atoms with E-state index in [0.717, 1.165) is 10.3 Å². The lowest BCUT2D eigenvalue weighted by Crippen LogP contribution is -1.99. The second kappa shape index (κ2) is 3.57. The smallest absolute Gasteiger partial charge is 0.289 e. The Labute approximate surface area is 79.2 Å². The molecule has 1 aromatic heterocycles. The van der Waals surface area contributed by atoms with E-state index in [2.05, 4.69) is 0 Å². The first-order chi connectivity index (χ1) is 6.06. The molecule has 1 heterocycles. The third-order valence-corrected chi connectivity index (χ3v) is 1.86. The van der Waals surface area contributed by atoms with E-state index in [0.29, 0.717) is 0 Å². The average Bonchev–Trinajstić information content (AvgIpc) is 2.46. The largest absolute Gasteiger partial charge is 0.292 e. The van der Waals surface area contributed by atoms with Crippen molar-refractivity contribution in [3.63, 3.8) is 0 Å². The molecule has 0 bridgehead atoms. The Morgan fingerprint density at radius 3 is 2.77 bits per heavy atom. The van der Waals surface area contributed by atoms with Crippen molar-refractivity contribution in [2.75, 3.05) is 0 Å². The van der Waals surface area contributed by atoms with E-state index in [-0.39, 0.29) is 23.6 Å². The minimum absolute atomic E-state index is 0.149. The topological polar surface area (TPSA) is 65.1 Å². The van der Waals surface area contributed by atoms with Gasteiger partial charge in [-0.05, 0) is 0 Å². The summed E-state index contributed by atoms with van der Waals surface area (Å²) in [6, 6.07) is 1.17. The summed E-state index contributed by atoms with van der Waals surface area (Å²) in [5, 5.41) is 10.3. The summed E-state index contributed by atoms with van der Waals surface area (Å²) in [4.78, 5) is 20.9. The standard InChI is InChI=1S/C7H7ClN2O3/c1-2-7(11)6-3-5(10(12)13)4-9(6)8/h3-4H,2H2,1H3. The van der Waals surface area contributed by atoms with Crippen LogP contribution in [0.2, 0.25) is 0 Å². The van der Waals surface area contributed by atoms with Gasteiger partial charge in [-0.2, -0.15) is 0 Å². The molecule has 0 unspecified atom stereocenters. The lowest BCUT2D eigenvalue weighted by molar-refractivity contribution is -0.384. The van der Waals surface area contributed by atoms with Crippen LogP contribution in [-0.2, 0) is 0 Å². The summed E-state index contributed by atoms with van der Waals surface area (Å²) in [5.74, 6) is -0.219. The number of carbonyl (C=O) groups is 1. The van der Waals surface area contributed by atoms with Gasteiger partial charge in [0.15, 0.2) is 5.78 Å². The van der Waals surface area contributed by atoms with Gasteiger partial charge in [0.25, 0.3) is 5.69 Å². The molecule has 1 rings (SSSR count). The van der Waals surface area contributed by atoms with Crippen LogP contribution in [0.25, 0.3) is 0 Å². The number of halogens is 1. The number of Topliss-reactive ketones (excluding diaryl/α,β-unsaturated/α-hetero) is 1. The summed E-state index contributed by atoms with van der Waals surface area (Å²) in [7, 11) is 0. The van der Waals surface area contributed by atoms with E-state index in [1.165, 1.54) is 6.07 Å². The number of ketones is 1. The van der Waals surface area contributed by atoms with Crippen LogP contribution in [0.15, 0.2) is 12.3 Å². The van der Waals surface area contributed by atoms with Gasteiger partial charge in [-0.25, -0.2) is 0 Å². The van der Waals surface area contributed by atoms with Crippen LogP contribution in [0.4, 0.5) is 5.69 Å². The van der Waals surface area contributed by atoms with Crippen LogP contribution >= 0.6 is 11.8 Å². The normalized spacial score (nSPS) is 10.0. The van der Waals surface area contributed by atoms with Gasteiger partial charge >= 0.3 is 0 Å². The third kappa shape index (κ3) is 1.86. The molecule has 1 aromatic rings. The number of nitrogens with zero attached hydrogens (tertiary/aromatic N) is 2. The zero-order valence-corrected chi connectivity index (χ0v) is 7.61. The van der Waals surface area contributed by atoms with Crippen molar-refractivity contribution < 1.29 is 9.72 Å². The molecule has 0 N–H and O–H groups in total. The summed E-state index contributed by atoms with van der Waals surface area (Å²) < 4.78 is 0.948. The van der Waals surface area contributed by atoms with Gasteiger partial charge < -0.3 is 0 Å².